The highest BCUT2D eigenvalue weighted by atomic mass is 16.1. The molecule has 0 saturated carbocycles. The van der Waals surface area contributed by atoms with Crippen LogP contribution in [0.2, 0.25) is 0 Å². The number of aryl methyl sites for hydroxylation is 2. The summed E-state index contributed by atoms with van der Waals surface area (Å²) in [6.45, 7) is 10.4. The molecule has 25 heavy (non-hydrogen) atoms. The molecule has 0 unspecified atom stereocenters. The fourth-order valence-corrected chi connectivity index (χ4v) is 2.49. The zero-order valence-corrected chi connectivity index (χ0v) is 14.8. The van der Waals surface area contributed by atoms with E-state index in [0.717, 1.165) is 22.5 Å². The first-order chi connectivity index (χ1) is 12.0. The molecule has 0 radical (unpaired) electrons. The van der Waals surface area contributed by atoms with E-state index in [0.29, 0.717) is 13.1 Å². The Morgan fingerprint density at radius 1 is 1.32 bits per heavy atom. The van der Waals surface area contributed by atoms with Gasteiger partial charge >= 0.3 is 0 Å². The molecule has 1 N–H and O–H groups in total. The second-order valence-electron chi connectivity index (χ2n) is 5.90. The largest absolute Gasteiger partial charge is 0.348 e. The minimum absolute atomic E-state index is 0.0583. The molecular formula is C20H22N4O. The first-order valence-electron chi connectivity index (χ1n) is 8.06. The molecule has 0 spiro atoms. The van der Waals surface area contributed by atoms with Crippen molar-refractivity contribution >= 4 is 12.0 Å². The van der Waals surface area contributed by atoms with Crippen molar-refractivity contribution in [2.45, 2.75) is 27.3 Å². The summed E-state index contributed by atoms with van der Waals surface area (Å²) in [6, 6.07) is 10.2. The zero-order valence-electron chi connectivity index (χ0n) is 14.8. The van der Waals surface area contributed by atoms with E-state index in [1.54, 1.807) is 12.2 Å². The maximum absolute atomic E-state index is 12.0. The van der Waals surface area contributed by atoms with Gasteiger partial charge in [0.25, 0.3) is 5.91 Å². The monoisotopic (exact) mass is 334 g/mol. The number of hydrogen-bond acceptors (Lipinski definition) is 3. The maximum atomic E-state index is 12.0. The van der Waals surface area contributed by atoms with E-state index in [4.69, 9.17) is 0 Å². The minimum atomic E-state index is -0.410. The first-order valence-corrected chi connectivity index (χ1v) is 8.06. The summed E-state index contributed by atoms with van der Waals surface area (Å²) in [5.41, 5.74) is 4.93. The van der Waals surface area contributed by atoms with E-state index in [2.05, 4.69) is 48.2 Å². The van der Waals surface area contributed by atoms with E-state index in [1.807, 2.05) is 24.6 Å². The molecule has 0 aliphatic heterocycles. The van der Waals surface area contributed by atoms with Crippen LogP contribution in [0.3, 0.4) is 0 Å². The van der Waals surface area contributed by atoms with E-state index in [9.17, 15) is 10.1 Å². The molecule has 0 bridgehead atoms. The van der Waals surface area contributed by atoms with Crippen molar-refractivity contribution in [3.63, 3.8) is 0 Å². The summed E-state index contributed by atoms with van der Waals surface area (Å²) in [5, 5.41) is 16.4. The van der Waals surface area contributed by atoms with Gasteiger partial charge in [-0.15, -0.1) is 6.58 Å². The quantitative estimate of drug-likeness (QED) is 0.501. The predicted molar refractivity (Wildman–Crippen MR) is 98.8 cm³/mol. The molecule has 2 aromatic rings. The smallest absolute Gasteiger partial charge is 0.262 e. The Kier molecular flexibility index (Phi) is 5.91. The standard InChI is InChI=1S/C20H22N4O/c1-5-10-22-20(25)18(12-21)11-19-15(3)23-24(16(19)4)13-17-8-6-14(2)7-9-17/h5-9,11H,1,10,13H2,2-4H3,(H,22,25)/b18-11+. The van der Waals surface area contributed by atoms with Crippen molar-refractivity contribution in [1.29, 1.82) is 5.26 Å². The zero-order chi connectivity index (χ0) is 18.4. The van der Waals surface area contributed by atoms with E-state index >= 15 is 0 Å². The molecule has 1 heterocycles. The van der Waals surface area contributed by atoms with Crippen molar-refractivity contribution in [1.82, 2.24) is 15.1 Å². The Balaban J connectivity index is 2.30. The SMILES string of the molecule is C=CCNC(=O)/C(C#N)=C/c1c(C)nn(Cc2ccc(C)cc2)c1C. The molecule has 128 valence electrons. The Morgan fingerprint density at radius 3 is 2.60 bits per heavy atom. The van der Waals surface area contributed by atoms with Crippen molar-refractivity contribution in [3.8, 4) is 6.07 Å². The van der Waals surface area contributed by atoms with E-state index < -0.39 is 5.91 Å². The minimum Gasteiger partial charge on any atom is -0.348 e. The van der Waals surface area contributed by atoms with Gasteiger partial charge in [0.1, 0.15) is 11.6 Å². The normalized spacial score (nSPS) is 11.0. The Hall–Kier alpha value is -3.13. The van der Waals surface area contributed by atoms with Crippen LogP contribution in [0.1, 0.15) is 28.1 Å². The third kappa shape index (κ3) is 4.45. The molecule has 5 nitrogen and oxygen atoms in total. The van der Waals surface area contributed by atoms with Gasteiger partial charge in [0.15, 0.2) is 0 Å². The van der Waals surface area contributed by atoms with Crippen LogP contribution in [0.5, 0.6) is 0 Å². The molecule has 0 aliphatic rings. The number of aromatic nitrogens is 2. The summed E-state index contributed by atoms with van der Waals surface area (Å²) in [4.78, 5) is 12.0. The van der Waals surface area contributed by atoms with Crippen LogP contribution in [0, 0.1) is 32.1 Å². The van der Waals surface area contributed by atoms with E-state index in [1.165, 1.54) is 5.56 Å². The average molecular weight is 334 g/mol. The number of nitrogens with one attached hydrogen (secondary N) is 1. The molecule has 0 atom stereocenters. The summed E-state index contributed by atoms with van der Waals surface area (Å²) in [7, 11) is 0. The van der Waals surface area contributed by atoms with Gasteiger partial charge in [-0.3, -0.25) is 9.48 Å². The number of amides is 1. The molecule has 1 aromatic heterocycles. The lowest BCUT2D eigenvalue weighted by Crippen LogP contribution is -2.24. The van der Waals surface area contributed by atoms with Crippen LogP contribution in [0.4, 0.5) is 0 Å². The van der Waals surface area contributed by atoms with Gasteiger partial charge in [0.05, 0.1) is 12.2 Å². The molecule has 1 amide bonds. The van der Waals surface area contributed by atoms with Crippen LogP contribution in [-0.2, 0) is 11.3 Å². The number of nitrogens with zero attached hydrogens (tertiary/aromatic N) is 3. The molecular weight excluding hydrogens is 312 g/mol. The van der Waals surface area contributed by atoms with Crippen molar-refractivity contribution in [2.24, 2.45) is 0 Å². The lowest BCUT2D eigenvalue weighted by Gasteiger charge is -2.06. The molecule has 1 aromatic carbocycles. The molecule has 0 fully saturated rings. The van der Waals surface area contributed by atoms with Crippen LogP contribution in [0.25, 0.3) is 6.08 Å². The number of carbonyl (C=O) groups is 1. The second kappa shape index (κ2) is 8.11. The van der Waals surface area contributed by atoms with E-state index in [-0.39, 0.29) is 5.57 Å². The third-order valence-corrected chi connectivity index (χ3v) is 3.95. The Morgan fingerprint density at radius 2 is 2.00 bits per heavy atom. The van der Waals surface area contributed by atoms with Crippen molar-refractivity contribution < 1.29 is 4.79 Å². The first kappa shape index (κ1) is 18.2. The highest BCUT2D eigenvalue weighted by Gasteiger charge is 2.14. The van der Waals surface area contributed by atoms with Gasteiger partial charge in [-0.05, 0) is 32.4 Å². The number of rotatable bonds is 6. The number of carbonyl (C=O) groups excluding carboxylic acids is 1. The highest BCUT2D eigenvalue weighted by Crippen LogP contribution is 2.18. The molecule has 0 saturated heterocycles. The van der Waals surface area contributed by atoms with Crippen LogP contribution < -0.4 is 5.32 Å². The molecule has 2 rings (SSSR count). The molecule has 5 heteroatoms. The van der Waals surface area contributed by atoms with Gasteiger partial charge < -0.3 is 5.32 Å². The van der Waals surface area contributed by atoms with Gasteiger partial charge in [-0.25, -0.2) is 0 Å². The highest BCUT2D eigenvalue weighted by molar-refractivity contribution is 6.01. The number of nitriles is 1. The summed E-state index contributed by atoms with van der Waals surface area (Å²) in [5.74, 6) is -0.410. The summed E-state index contributed by atoms with van der Waals surface area (Å²) < 4.78 is 1.89. The summed E-state index contributed by atoms with van der Waals surface area (Å²) >= 11 is 0. The fourth-order valence-electron chi connectivity index (χ4n) is 2.49. The maximum Gasteiger partial charge on any atom is 0.262 e. The van der Waals surface area contributed by atoms with Crippen LogP contribution in [-0.4, -0.2) is 22.2 Å². The van der Waals surface area contributed by atoms with Crippen LogP contribution >= 0.6 is 0 Å². The fraction of sp³-hybridized carbons (Fsp3) is 0.250. The predicted octanol–water partition coefficient (Wildman–Crippen LogP) is 3.07. The molecule has 0 aliphatic carbocycles. The average Bonchev–Trinajstić information content (AvgIpc) is 2.86. The topological polar surface area (TPSA) is 70.7 Å². The Labute approximate surface area is 148 Å². The lowest BCUT2D eigenvalue weighted by molar-refractivity contribution is -0.116. The van der Waals surface area contributed by atoms with Crippen molar-refractivity contribution in [2.75, 3.05) is 6.54 Å². The Bertz CT molecular complexity index is 851. The van der Waals surface area contributed by atoms with Gasteiger partial charge in [-0.1, -0.05) is 35.9 Å². The van der Waals surface area contributed by atoms with Gasteiger partial charge in [0, 0.05) is 17.8 Å². The van der Waals surface area contributed by atoms with Crippen molar-refractivity contribution in [3.05, 3.63) is 70.6 Å². The van der Waals surface area contributed by atoms with Gasteiger partial charge in [-0.2, -0.15) is 10.4 Å². The number of hydrogen-bond donors (Lipinski definition) is 1. The van der Waals surface area contributed by atoms with Gasteiger partial charge in [0.2, 0.25) is 0 Å². The third-order valence-electron chi connectivity index (χ3n) is 3.95. The number of benzene rings is 1. The summed E-state index contributed by atoms with van der Waals surface area (Å²) in [6.07, 6.45) is 3.17. The lowest BCUT2D eigenvalue weighted by atomic mass is 10.1. The second-order valence-corrected chi connectivity index (χ2v) is 5.90. The van der Waals surface area contributed by atoms with Crippen LogP contribution in [0.15, 0.2) is 42.5 Å².